The van der Waals surface area contributed by atoms with E-state index in [1.54, 1.807) is 6.92 Å². The molecule has 0 spiro atoms. The first-order chi connectivity index (χ1) is 6.83. The predicted molar refractivity (Wildman–Crippen MR) is 65.9 cm³/mol. The minimum Gasteiger partial charge on any atom is -0.459 e. The highest BCUT2D eigenvalue weighted by molar-refractivity contribution is 6.75. The lowest BCUT2D eigenvalue weighted by atomic mass is 9.83. The van der Waals surface area contributed by atoms with Crippen LogP contribution in [0.15, 0.2) is 0 Å². The van der Waals surface area contributed by atoms with Crippen LogP contribution in [0.1, 0.15) is 34.1 Å². The van der Waals surface area contributed by atoms with Crippen molar-refractivity contribution in [2.45, 2.75) is 43.5 Å². The molecule has 0 amide bonds. The second kappa shape index (κ2) is 5.30. The highest BCUT2D eigenvalue weighted by Crippen LogP contribution is 2.30. The molecule has 0 aliphatic rings. The van der Waals surface area contributed by atoms with Crippen LogP contribution in [0.4, 0.5) is 0 Å². The molecule has 0 rings (SSSR count). The van der Waals surface area contributed by atoms with Gasteiger partial charge in [0.2, 0.25) is 0 Å². The third kappa shape index (κ3) is 7.55. The van der Waals surface area contributed by atoms with Crippen LogP contribution in [0.3, 0.4) is 0 Å². The Morgan fingerprint density at radius 2 is 1.62 bits per heavy atom. The predicted octanol–water partition coefficient (Wildman–Crippen LogP) is 3.09. The van der Waals surface area contributed by atoms with Crippen molar-refractivity contribution in [1.29, 1.82) is 0 Å². The van der Waals surface area contributed by atoms with Gasteiger partial charge in [0, 0.05) is 0 Å². The van der Waals surface area contributed by atoms with Crippen LogP contribution in [0.2, 0.25) is 0 Å². The van der Waals surface area contributed by atoms with E-state index in [2.05, 4.69) is 0 Å². The first-order valence-electron chi connectivity index (χ1n) is 4.80. The summed E-state index contributed by atoms with van der Waals surface area (Å²) < 4.78 is 2.63. The highest BCUT2D eigenvalue weighted by atomic mass is 35.6. The number of halogens is 3. The Kier molecular flexibility index (Phi) is 5.40. The van der Waals surface area contributed by atoms with Crippen molar-refractivity contribution in [3.8, 4) is 0 Å². The molecule has 0 aromatic heterocycles. The molecule has 0 saturated heterocycles. The molecular weight excluding hydrogens is 274 g/mol. The lowest BCUT2D eigenvalue weighted by Gasteiger charge is -2.30. The number of carbonyl (C=O) groups is 1. The number of aliphatic hydroxyl groups is 1. The molecule has 0 aliphatic carbocycles. The maximum Gasteiger partial charge on any atom is 0.358 e. The van der Waals surface area contributed by atoms with E-state index in [1.807, 2.05) is 20.8 Å². The van der Waals surface area contributed by atoms with E-state index in [0.717, 1.165) is 0 Å². The molecular formula is C10H17Cl3O3. The number of esters is 1. The summed E-state index contributed by atoms with van der Waals surface area (Å²) in [5.41, 5.74) is -1.22. The fraction of sp³-hybridized carbons (Fsp3) is 0.900. The summed E-state index contributed by atoms with van der Waals surface area (Å²) in [6.07, 6.45) is 0.465. The van der Waals surface area contributed by atoms with Gasteiger partial charge in [0.05, 0.1) is 5.60 Å². The molecule has 0 aromatic carbocycles. The van der Waals surface area contributed by atoms with E-state index in [9.17, 15) is 9.90 Å². The quantitative estimate of drug-likeness (QED) is 0.642. The van der Waals surface area contributed by atoms with Gasteiger partial charge in [-0.3, -0.25) is 0 Å². The summed E-state index contributed by atoms with van der Waals surface area (Å²) in [7, 11) is 0. The van der Waals surface area contributed by atoms with Gasteiger partial charge >= 0.3 is 5.97 Å². The smallest absolute Gasteiger partial charge is 0.358 e. The molecule has 3 nitrogen and oxygen atoms in total. The molecule has 0 radical (unpaired) electrons. The van der Waals surface area contributed by atoms with Crippen LogP contribution in [0.5, 0.6) is 0 Å². The molecule has 0 heterocycles. The van der Waals surface area contributed by atoms with Crippen molar-refractivity contribution >= 4 is 40.8 Å². The Bertz CT molecular complexity index is 251. The van der Waals surface area contributed by atoms with Gasteiger partial charge in [0.1, 0.15) is 6.61 Å². The molecule has 1 atom stereocenters. The molecule has 16 heavy (non-hydrogen) atoms. The number of hydrogen-bond acceptors (Lipinski definition) is 3. The number of alkyl halides is 3. The van der Waals surface area contributed by atoms with Crippen molar-refractivity contribution in [1.82, 2.24) is 0 Å². The summed E-state index contributed by atoms with van der Waals surface area (Å²) in [6, 6.07) is 0. The van der Waals surface area contributed by atoms with E-state index in [0.29, 0.717) is 6.42 Å². The lowest BCUT2D eigenvalue weighted by Crippen LogP contribution is -2.38. The van der Waals surface area contributed by atoms with Gasteiger partial charge in [-0.25, -0.2) is 4.79 Å². The first kappa shape index (κ1) is 16.3. The Morgan fingerprint density at radius 3 is 1.94 bits per heavy atom. The third-order valence-corrected chi connectivity index (χ3v) is 2.12. The highest BCUT2D eigenvalue weighted by Gasteiger charge is 2.35. The van der Waals surface area contributed by atoms with Gasteiger partial charge in [0.25, 0.3) is 3.79 Å². The number of ether oxygens (including phenoxy) is 1. The topological polar surface area (TPSA) is 46.5 Å². The molecule has 0 saturated carbocycles. The van der Waals surface area contributed by atoms with Crippen molar-refractivity contribution in [2.75, 3.05) is 6.61 Å². The minimum atomic E-state index is -2.10. The van der Waals surface area contributed by atoms with Crippen LogP contribution in [-0.2, 0) is 9.53 Å². The third-order valence-electron chi connectivity index (χ3n) is 1.66. The summed E-state index contributed by atoms with van der Waals surface area (Å²) in [5.74, 6) is -0.980. The van der Waals surface area contributed by atoms with Gasteiger partial charge in [0.15, 0.2) is 0 Å². The zero-order valence-corrected chi connectivity index (χ0v) is 12.1. The van der Waals surface area contributed by atoms with Crippen LogP contribution in [0.25, 0.3) is 0 Å². The second-order valence-electron chi connectivity index (χ2n) is 5.31. The molecule has 0 fully saturated rings. The minimum absolute atomic E-state index is 0.0874. The standard InChI is InChI=1S/C10H17Cl3O3/c1-8(2,3)5-9(4,15)6-16-7(14)10(11,12)13/h15H,5-6H2,1-4H3. The lowest BCUT2D eigenvalue weighted by molar-refractivity contribution is -0.151. The van der Waals surface area contributed by atoms with Gasteiger partial charge in [-0.1, -0.05) is 55.6 Å². The molecule has 1 unspecified atom stereocenters. The number of hydrogen-bond donors (Lipinski definition) is 1. The van der Waals surface area contributed by atoms with Crippen molar-refractivity contribution in [3.05, 3.63) is 0 Å². The van der Waals surface area contributed by atoms with Gasteiger partial charge < -0.3 is 9.84 Å². The van der Waals surface area contributed by atoms with Gasteiger partial charge in [-0.15, -0.1) is 0 Å². The van der Waals surface area contributed by atoms with Crippen molar-refractivity contribution in [2.24, 2.45) is 5.41 Å². The number of rotatable bonds is 3. The van der Waals surface area contributed by atoms with E-state index in [-0.39, 0.29) is 12.0 Å². The van der Waals surface area contributed by atoms with E-state index < -0.39 is 15.4 Å². The zero-order valence-electron chi connectivity index (χ0n) is 9.81. The maximum absolute atomic E-state index is 11.1. The largest absolute Gasteiger partial charge is 0.459 e. The van der Waals surface area contributed by atoms with Crippen LogP contribution in [0, 0.1) is 5.41 Å². The summed E-state index contributed by atoms with van der Waals surface area (Å²) in [4.78, 5) is 11.1. The zero-order chi connectivity index (χ0) is 13.2. The fourth-order valence-corrected chi connectivity index (χ4v) is 1.66. The van der Waals surface area contributed by atoms with E-state index in [4.69, 9.17) is 39.5 Å². The Morgan fingerprint density at radius 1 is 1.19 bits per heavy atom. The maximum atomic E-state index is 11.1. The van der Waals surface area contributed by atoms with Crippen LogP contribution >= 0.6 is 34.8 Å². The SMILES string of the molecule is CC(C)(C)CC(C)(O)COC(=O)C(Cl)(Cl)Cl. The van der Waals surface area contributed by atoms with E-state index >= 15 is 0 Å². The monoisotopic (exact) mass is 290 g/mol. The molecule has 0 aromatic rings. The molecule has 6 heteroatoms. The van der Waals surface area contributed by atoms with Crippen molar-refractivity contribution < 1.29 is 14.6 Å². The average Bonchev–Trinajstić information content (AvgIpc) is 1.93. The Hall–Kier alpha value is 0.300. The van der Waals surface area contributed by atoms with Gasteiger partial charge in [-0.2, -0.15) is 0 Å². The van der Waals surface area contributed by atoms with Gasteiger partial charge in [-0.05, 0) is 18.8 Å². The van der Waals surface area contributed by atoms with Crippen molar-refractivity contribution in [3.63, 3.8) is 0 Å². The average molecular weight is 292 g/mol. The van der Waals surface area contributed by atoms with E-state index in [1.165, 1.54) is 0 Å². The second-order valence-corrected chi connectivity index (χ2v) is 7.59. The summed E-state index contributed by atoms with van der Waals surface area (Å²) in [5, 5.41) is 9.96. The summed E-state index contributed by atoms with van der Waals surface area (Å²) >= 11 is 16.0. The van der Waals surface area contributed by atoms with Crippen LogP contribution < -0.4 is 0 Å². The number of carbonyl (C=O) groups excluding carboxylic acids is 1. The fourth-order valence-electron chi connectivity index (χ4n) is 1.50. The summed E-state index contributed by atoms with van der Waals surface area (Å²) in [6.45, 7) is 7.29. The molecule has 1 N–H and O–H groups in total. The Labute approximate surface area is 111 Å². The first-order valence-corrected chi connectivity index (χ1v) is 5.93. The normalized spacial score (nSPS) is 16.8. The molecule has 96 valence electrons. The van der Waals surface area contributed by atoms with Crippen LogP contribution in [-0.4, -0.2) is 27.1 Å². The Balaban J connectivity index is 4.25. The molecule has 0 aliphatic heterocycles. The molecule has 0 bridgehead atoms.